The summed E-state index contributed by atoms with van der Waals surface area (Å²) in [7, 11) is 3.90. The van der Waals surface area contributed by atoms with Crippen molar-refractivity contribution in [3.63, 3.8) is 0 Å². The van der Waals surface area contributed by atoms with E-state index in [4.69, 9.17) is 0 Å². The maximum absolute atomic E-state index is 11.9. The molecule has 4 rings (SSSR count). The fourth-order valence-corrected chi connectivity index (χ4v) is 2.91. The van der Waals surface area contributed by atoms with Crippen LogP contribution in [0.5, 0.6) is 0 Å². The Hall–Kier alpha value is -3.85. The van der Waals surface area contributed by atoms with Gasteiger partial charge in [-0.1, -0.05) is 24.3 Å². The van der Waals surface area contributed by atoms with Gasteiger partial charge in [0.05, 0.1) is 11.6 Å². The number of anilines is 1. The molecule has 0 aliphatic carbocycles. The molecule has 4 aromatic rings. The molecule has 3 N–H and O–H groups in total. The first-order chi connectivity index (χ1) is 14.1. The molecule has 0 aliphatic heterocycles. The number of pyridine rings is 1. The quantitative estimate of drug-likeness (QED) is 0.433. The number of aromatic amines is 1. The first kappa shape index (κ1) is 18.5. The van der Waals surface area contributed by atoms with Crippen LogP contribution >= 0.6 is 0 Å². The van der Waals surface area contributed by atoms with Crippen LogP contribution in [-0.4, -0.2) is 45.2 Å². The third-order valence-electron chi connectivity index (χ3n) is 4.40. The highest BCUT2D eigenvalue weighted by molar-refractivity contribution is 5.91. The van der Waals surface area contributed by atoms with Crippen molar-refractivity contribution in [1.29, 1.82) is 0 Å². The number of hydrazine groups is 1. The number of carbonyl (C=O) groups excluding carboxylic acids is 1. The number of nitrogens with one attached hydrogen (secondary N) is 3. The number of hydrogen-bond donors (Lipinski definition) is 3. The first-order valence-electron chi connectivity index (χ1n) is 9.02. The molecule has 146 valence electrons. The molecule has 0 radical (unpaired) electrons. The standard InChI is InChI=1S/C20H20N8O/c1-28(2)19-16-9-15(11-23-18(16)25-26-19)14-5-3-13(4-6-14)10-24-27-20(29)17-12-21-7-8-22-17/h3-9,11-12,24H,10H2,1-2H3,(H,27,29)(H,23,25,26). The number of hydrogen-bond acceptors (Lipinski definition) is 7. The number of nitrogens with zero attached hydrogens (tertiary/aromatic N) is 5. The maximum Gasteiger partial charge on any atom is 0.285 e. The summed E-state index contributed by atoms with van der Waals surface area (Å²) < 4.78 is 0. The molecule has 0 bridgehead atoms. The number of H-pyrrole nitrogens is 1. The fraction of sp³-hybridized carbons (Fsp3) is 0.150. The van der Waals surface area contributed by atoms with Gasteiger partial charge in [-0.05, 0) is 17.2 Å². The van der Waals surface area contributed by atoms with Crippen LogP contribution in [0.3, 0.4) is 0 Å². The largest absolute Gasteiger partial charge is 0.361 e. The molecule has 3 aromatic heterocycles. The summed E-state index contributed by atoms with van der Waals surface area (Å²) in [6, 6.07) is 10.1. The fourth-order valence-electron chi connectivity index (χ4n) is 2.91. The average molecular weight is 388 g/mol. The van der Waals surface area contributed by atoms with E-state index in [9.17, 15) is 4.79 Å². The minimum atomic E-state index is -0.328. The zero-order valence-corrected chi connectivity index (χ0v) is 16.0. The third kappa shape index (κ3) is 4.04. The van der Waals surface area contributed by atoms with Gasteiger partial charge in [0.15, 0.2) is 11.5 Å². The van der Waals surface area contributed by atoms with Crippen LogP contribution in [0.15, 0.2) is 55.1 Å². The van der Waals surface area contributed by atoms with E-state index in [2.05, 4.69) is 42.1 Å². The minimum Gasteiger partial charge on any atom is -0.361 e. The van der Waals surface area contributed by atoms with Crippen molar-refractivity contribution in [3.8, 4) is 11.1 Å². The highest BCUT2D eigenvalue weighted by atomic mass is 16.2. The number of fused-ring (bicyclic) bond motifs is 1. The Balaban J connectivity index is 1.42. The van der Waals surface area contributed by atoms with Crippen LogP contribution in [-0.2, 0) is 6.54 Å². The van der Waals surface area contributed by atoms with E-state index in [0.29, 0.717) is 6.54 Å². The summed E-state index contributed by atoms with van der Waals surface area (Å²) in [4.78, 5) is 26.2. The number of rotatable bonds is 6. The molecular formula is C20H20N8O. The summed E-state index contributed by atoms with van der Waals surface area (Å²) in [5, 5.41) is 8.23. The Labute approximate surface area is 167 Å². The first-order valence-corrected chi connectivity index (χ1v) is 9.02. The predicted octanol–water partition coefficient (Wildman–Crippen LogP) is 1.92. The van der Waals surface area contributed by atoms with E-state index in [0.717, 1.165) is 33.5 Å². The lowest BCUT2D eigenvalue weighted by Gasteiger charge is -2.09. The summed E-state index contributed by atoms with van der Waals surface area (Å²) >= 11 is 0. The normalized spacial score (nSPS) is 10.8. The van der Waals surface area contributed by atoms with E-state index >= 15 is 0 Å². The number of aromatic nitrogens is 5. The highest BCUT2D eigenvalue weighted by Crippen LogP contribution is 2.27. The summed E-state index contributed by atoms with van der Waals surface area (Å²) in [5.74, 6) is 0.528. The van der Waals surface area contributed by atoms with Crippen molar-refractivity contribution in [1.82, 2.24) is 36.0 Å². The zero-order chi connectivity index (χ0) is 20.2. The van der Waals surface area contributed by atoms with Gasteiger partial charge < -0.3 is 4.90 Å². The lowest BCUT2D eigenvalue weighted by Crippen LogP contribution is -2.37. The molecule has 0 atom stereocenters. The predicted molar refractivity (Wildman–Crippen MR) is 110 cm³/mol. The van der Waals surface area contributed by atoms with E-state index < -0.39 is 0 Å². The number of carbonyl (C=O) groups is 1. The molecule has 1 amide bonds. The van der Waals surface area contributed by atoms with Crippen molar-refractivity contribution >= 4 is 22.8 Å². The van der Waals surface area contributed by atoms with Gasteiger partial charge in [0.1, 0.15) is 5.69 Å². The van der Waals surface area contributed by atoms with E-state index in [-0.39, 0.29) is 11.6 Å². The average Bonchev–Trinajstić information content (AvgIpc) is 3.18. The second kappa shape index (κ2) is 8.03. The van der Waals surface area contributed by atoms with Gasteiger partial charge in [-0.15, -0.1) is 0 Å². The SMILES string of the molecule is CN(C)c1n[nH]c2ncc(-c3ccc(CNNC(=O)c4cnccn4)cc3)cc12. The lowest BCUT2D eigenvalue weighted by atomic mass is 10.0. The van der Waals surface area contributed by atoms with Crippen LogP contribution < -0.4 is 15.8 Å². The maximum atomic E-state index is 11.9. The molecule has 29 heavy (non-hydrogen) atoms. The molecule has 0 unspecified atom stereocenters. The van der Waals surface area contributed by atoms with Gasteiger partial charge >= 0.3 is 0 Å². The second-order valence-electron chi connectivity index (χ2n) is 6.66. The third-order valence-corrected chi connectivity index (χ3v) is 4.40. The van der Waals surface area contributed by atoms with Gasteiger partial charge in [-0.25, -0.2) is 15.4 Å². The Bertz CT molecular complexity index is 1120. The van der Waals surface area contributed by atoms with Gasteiger partial charge in [0, 0.05) is 44.8 Å². The molecule has 0 saturated carbocycles. The van der Waals surface area contributed by atoms with Crippen molar-refractivity contribution in [2.24, 2.45) is 0 Å². The lowest BCUT2D eigenvalue weighted by molar-refractivity contribution is 0.0926. The molecule has 0 fully saturated rings. The molecule has 3 heterocycles. The monoisotopic (exact) mass is 388 g/mol. The molecular weight excluding hydrogens is 368 g/mol. The Morgan fingerprint density at radius 3 is 2.62 bits per heavy atom. The van der Waals surface area contributed by atoms with Gasteiger partial charge in [-0.2, -0.15) is 5.10 Å². The number of amides is 1. The highest BCUT2D eigenvalue weighted by Gasteiger charge is 2.10. The van der Waals surface area contributed by atoms with Gasteiger partial charge in [0.2, 0.25) is 0 Å². The van der Waals surface area contributed by atoms with Gasteiger partial charge in [0.25, 0.3) is 5.91 Å². The van der Waals surface area contributed by atoms with Crippen LogP contribution in [0, 0.1) is 0 Å². The van der Waals surface area contributed by atoms with Crippen molar-refractivity contribution in [2.75, 3.05) is 19.0 Å². The van der Waals surface area contributed by atoms with Gasteiger partial charge in [-0.3, -0.25) is 20.3 Å². The van der Waals surface area contributed by atoms with Crippen molar-refractivity contribution in [2.45, 2.75) is 6.54 Å². The zero-order valence-electron chi connectivity index (χ0n) is 16.0. The molecule has 9 heteroatoms. The molecule has 1 aromatic carbocycles. The molecule has 0 aliphatic rings. The van der Waals surface area contributed by atoms with E-state index in [1.165, 1.54) is 18.6 Å². The van der Waals surface area contributed by atoms with Crippen LogP contribution in [0.2, 0.25) is 0 Å². The van der Waals surface area contributed by atoms with Crippen LogP contribution in [0.25, 0.3) is 22.2 Å². The smallest absolute Gasteiger partial charge is 0.285 e. The molecule has 9 nitrogen and oxygen atoms in total. The Morgan fingerprint density at radius 1 is 1.07 bits per heavy atom. The molecule has 0 saturated heterocycles. The van der Waals surface area contributed by atoms with Crippen LogP contribution in [0.4, 0.5) is 5.82 Å². The van der Waals surface area contributed by atoms with E-state index in [1.54, 1.807) is 0 Å². The van der Waals surface area contributed by atoms with Crippen molar-refractivity contribution < 1.29 is 4.79 Å². The molecule has 0 spiro atoms. The second-order valence-corrected chi connectivity index (χ2v) is 6.66. The summed E-state index contributed by atoms with van der Waals surface area (Å²) in [6.07, 6.45) is 6.24. The number of benzene rings is 1. The van der Waals surface area contributed by atoms with Crippen molar-refractivity contribution in [3.05, 3.63) is 66.4 Å². The summed E-state index contributed by atoms with van der Waals surface area (Å²) in [5.41, 5.74) is 9.63. The topological polar surface area (TPSA) is 112 Å². The summed E-state index contributed by atoms with van der Waals surface area (Å²) in [6.45, 7) is 0.482. The minimum absolute atomic E-state index is 0.259. The Kier molecular flexibility index (Phi) is 5.12. The van der Waals surface area contributed by atoms with Crippen LogP contribution in [0.1, 0.15) is 16.1 Å². The van der Waals surface area contributed by atoms with E-state index in [1.807, 2.05) is 49.5 Å². The Morgan fingerprint density at radius 2 is 1.90 bits per heavy atom.